The van der Waals surface area contributed by atoms with Crippen LogP contribution in [0.2, 0.25) is 0 Å². The lowest BCUT2D eigenvalue weighted by Crippen LogP contribution is -1.90. The zero-order chi connectivity index (χ0) is 5.98. The van der Waals surface area contributed by atoms with Crippen LogP contribution in [0.5, 0.6) is 0 Å². The SMILES string of the molecule is CC1C#CC(Cl)=CC1. The second kappa shape index (κ2) is 2.24. The summed E-state index contributed by atoms with van der Waals surface area (Å²) in [6.45, 7) is 2.09. The molecule has 8 heavy (non-hydrogen) atoms. The second-order valence-corrected chi connectivity index (χ2v) is 2.37. The minimum Gasteiger partial charge on any atom is -0.0935 e. The maximum Gasteiger partial charge on any atom is 0.0864 e. The molecule has 1 heteroatoms. The summed E-state index contributed by atoms with van der Waals surface area (Å²) in [6.07, 6.45) is 2.97. The molecule has 0 amide bonds. The molecule has 0 bridgehead atoms. The van der Waals surface area contributed by atoms with E-state index in [9.17, 15) is 0 Å². The lowest BCUT2D eigenvalue weighted by Gasteiger charge is -2.00. The Bertz CT molecular complexity index is 169. The van der Waals surface area contributed by atoms with Crippen LogP contribution in [0.1, 0.15) is 13.3 Å². The molecular formula is C7H7Cl. The van der Waals surface area contributed by atoms with Gasteiger partial charge in [-0.1, -0.05) is 36.4 Å². The fourth-order valence-corrected chi connectivity index (χ4v) is 0.726. The van der Waals surface area contributed by atoms with Crippen LogP contribution in [0.15, 0.2) is 11.1 Å². The van der Waals surface area contributed by atoms with Gasteiger partial charge in [0.15, 0.2) is 0 Å². The molecule has 1 aliphatic carbocycles. The van der Waals surface area contributed by atoms with Crippen molar-refractivity contribution in [1.82, 2.24) is 0 Å². The molecule has 0 aromatic heterocycles. The molecule has 1 rings (SSSR count). The zero-order valence-corrected chi connectivity index (χ0v) is 5.50. The van der Waals surface area contributed by atoms with Gasteiger partial charge in [-0.3, -0.25) is 0 Å². The molecule has 0 heterocycles. The Kier molecular flexibility index (Phi) is 1.60. The largest absolute Gasteiger partial charge is 0.0935 e. The van der Waals surface area contributed by atoms with Crippen LogP contribution in [0, 0.1) is 17.8 Å². The van der Waals surface area contributed by atoms with Gasteiger partial charge in [-0.25, -0.2) is 0 Å². The van der Waals surface area contributed by atoms with Gasteiger partial charge in [-0.15, -0.1) is 0 Å². The van der Waals surface area contributed by atoms with E-state index in [0.717, 1.165) is 6.42 Å². The van der Waals surface area contributed by atoms with Crippen LogP contribution in [-0.2, 0) is 0 Å². The van der Waals surface area contributed by atoms with Crippen molar-refractivity contribution in [2.24, 2.45) is 5.92 Å². The predicted molar refractivity (Wildman–Crippen MR) is 35.5 cm³/mol. The van der Waals surface area contributed by atoms with E-state index in [-0.39, 0.29) is 0 Å². The molecule has 1 unspecified atom stereocenters. The lowest BCUT2D eigenvalue weighted by atomic mass is 10.1. The van der Waals surface area contributed by atoms with E-state index in [1.807, 2.05) is 6.08 Å². The maximum atomic E-state index is 5.57. The zero-order valence-electron chi connectivity index (χ0n) is 4.74. The van der Waals surface area contributed by atoms with Crippen molar-refractivity contribution in [3.63, 3.8) is 0 Å². The highest BCUT2D eigenvalue weighted by molar-refractivity contribution is 6.32. The smallest absolute Gasteiger partial charge is 0.0864 e. The van der Waals surface area contributed by atoms with Gasteiger partial charge < -0.3 is 0 Å². The van der Waals surface area contributed by atoms with Crippen molar-refractivity contribution in [3.8, 4) is 11.8 Å². The van der Waals surface area contributed by atoms with Gasteiger partial charge in [0.1, 0.15) is 0 Å². The molecule has 0 aromatic rings. The fourth-order valence-electron chi connectivity index (χ4n) is 0.582. The van der Waals surface area contributed by atoms with Crippen LogP contribution in [0.4, 0.5) is 0 Å². The first-order valence-electron chi connectivity index (χ1n) is 2.66. The summed E-state index contributed by atoms with van der Waals surface area (Å²) < 4.78 is 0. The summed E-state index contributed by atoms with van der Waals surface area (Å²) >= 11 is 5.57. The minimum absolute atomic E-state index is 0.498. The highest BCUT2D eigenvalue weighted by atomic mass is 35.5. The molecule has 0 radical (unpaired) electrons. The van der Waals surface area contributed by atoms with Gasteiger partial charge in [0.25, 0.3) is 0 Å². The Morgan fingerprint density at radius 2 is 2.62 bits per heavy atom. The quantitative estimate of drug-likeness (QED) is 0.437. The van der Waals surface area contributed by atoms with Crippen molar-refractivity contribution in [2.75, 3.05) is 0 Å². The van der Waals surface area contributed by atoms with E-state index in [1.54, 1.807) is 0 Å². The van der Waals surface area contributed by atoms with Gasteiger partial charge in [-0.05, 0) is 6.42 Å². The van der Waals surface area contributed by atoms with E-state index >= 15 is 0 Å². The molecule has 0 nitrogen and oxygen atoms in total. The highest BCUT2D eigenvalue weighted by Gasteiger charge is 1.98. The van der Waals surface area contributed by atoms with Crippen LogP contribution < -0.4 is 0 Å². The van der Waals surface area contributed by atoms with Gasteiger partial charge >= 0.3 is 0 Å². The molecule has 0 saturated heterocycles. The van der Waals surface area contributed by atoms with E-state index < -0.39 is 0 Å². The van der Waals surface area contributed by atoms with Crippen LogP contribution >= 0.6 is 11.6 Å². The summed E-state index contributed by atoms with van der Waals surface area (Å²) in [6, 6.07) is 0. The van der Waals surface area contributed by atoms with Crippen molar-refractivity contribution < 1.29 is 0 Å². The van der Waals surface area contributed by atoms with E-state index in [1.165, 1.54) is 0 Å². The van der Waals surface area contributed by atoms with Crippen LogP contribution in [-0.4, -0.2) is 0 Å². The topological polar surface area (TPSA) is 0 Å². The summed E-state index contributed by atoms with van der Waals surface area (Å²) in [5.41, 5.74) is 0. The summed E-state index contributed by atoms with van der Waals surface area (Å²) in [7, 11) is 0. The third-order valence-electron chi connectivity index (χ3n) is 1.09. The predicted octanol–water partition coefficient (Wildman–Crippen LogP) is 2.15. The number of rotatable bonds is 0. The van der Waals surface area contributed by atoms with Crippen molar-refractivity contribution in [2.45, 2.75) is 13.3 Å². The lowest BCUT2D eigenvalue weighted by molar-refractivity contribution is 0.767. The van der Waals surface area contributed by atoms with Gasteiger partial charge in [0, 0.05) is 5.92 Å². The average Bonchev–Trinajstić information content (AvgIpc) is 1.77. The normalized spacial score (nSPS) is 25.8. The molecular weight excluding hydrogens is 120 g/mol. The Hall–Kier alpha value is -0.410. The first-order valence-corrected chi connectivity index (χ1v) is 3.04. The van der Waals surface area contributed by atoms with Crippen LogP contribution in [0.25, 0.3) is 0 Å². The van der Waals surface area contributed by atoms with Gasteiger partial charge in [-0.2, -0.15) is 0 Å². The molecule has 42 valence electrons. The summed E-state index contributed by atoms with van der Waals surface area (Å²) in [4.78, 5) is 0. The summed E-state index contributed by atoms with van der Waals surface area (Å²) in [5.74, 6) is 6.29. The number of hydrogen-bond acceptors (Lipinski definition) is 0. The van der Waals surface area contributed by atoms with Gasteiger partial charge in [0.05, 0.1) is 5.03 Å². The summed E-state index contributed by atoms with van der Waals surface area (Å²) in [5, 5.41) is 0.697. The third-order valence-corrected chi connectivity index (χ3v) is 1.34. The van der Waals surface area contributed by atoms with E-state index in [2.05, 4.69) is 18.8 Å². The third kappa shape index (κ3) is 1.28. The molecule has 0 N–H and O–H groups in total. The van der Waals surface area contributed by atoms with Crippen molar-refractivity contribution >= 4 is 11.6 Å². The van der Waals surface area contributed by atoms with Gasteiger partial charge in [0.2, 0.25) is 0 Å². The molecule has 0 spiro atoms. The Morgan fingerprint density at radius 1 is 1.88 bits per heavy atom. The molecule has 1 aliphatic rings. The minimum atomic E-state index is 0.498. The fraction of sp³-hybridized carbons (Fsp3) is 0.429. The average molecular weight is 127 g/mol. The van der Waals surface area contributed by atoms with E-state index in [4.69, 9.17) is 11.6 Å². The Morgan fingerprint density at radius 3 is 3.00 bits per heavy atom. The molecule has 0 fully saturated rings. The first-order chi connectivity index (χ1) is 3.79. The Balaban J connectivity index is 2.68. The molecule has 0 aromatic carbocycles. The number of hydrogen-bond donors (Lipinski definition) is 0. The molecule has 0 aliphatic heterocycles. The van der Waals surface area contributed by atoms with Crippen molar-refractivity contribution in [3.05, 3.63) is 11.1 Å². The first kappa shape index (κ1) is 5.72. The Labute approximate surface area is 54.5 Å². The monoisotopic (exact) mass is 126 g/mol. The second-order valence-electron chi connectivity index (χ2n) is 1.96. The standard InChI is InChI=1S/C7H7Cl/c1-6-2-4-7(8)5-3-6/h4,6H,2H2,1H3. The maximum absolute atomic E-state index is 5.57. The molecule has 1 atom stereocenters. The van der Waals surface area contributed by atoms with Crippen LogP contribution in [0.3, 0.4) is 0 Å². The molecule has 0 saturated carbocycles. The number of allylic oxidation sites excluding steroid dienone is 2. The van der Waals surface area contributed by atoms with E-state index in [0.29, 0.717) is 11.0 Å². The van der Waals surface area contributed by atoms with Crippen molar-refractivity contribution in [1.29, 1.82) is 0 Å². The highest BCUT2D eigenvalue weighted by Crippen LogP contribution is 2.11. The number of halogens is 1.